The van der Waals surface area contributed by atoms with E-state index in [0.29, 0.717) is 17.9 Å². The molecule has 1 rings (SSSR count). The van der Waals surface area contributed by atoms with Crippen LogP contribution >= 0.6 is 0 Å². The fourth-order valence-corrected chi connectivity index (χ4v) is 3.36. The third kappa shape index (κ3) is 2.78. The molecule has 2 nitrogen and oxygen atoms in total. The third-order valence-corrected chi connectivity index (χ3v) is 4.09. The van der Waals surface area contributed by atoms with Crippen molar-refractivity contribution in [2.75, 3.05) is 7.11 Å². The van der Waals surface area contributed by atoms with E-state index in [2.05, 4.69) is 27.7 Å². The van der Waals surface area contributed by atoms with Crippen molar-refractivity contribution in [3.8, 4) is 0 Å². The van der Waals surface area contributed by atoms with Crippen LogP contribution in [0.2, 0.25) is 0 Å². The van der Waals surface area contributed by atoms with E-state index in [4.69, 9.17) is 9.47 Å². The summed E-state index contributed by atoms with van der Waals surface area (Å²) in [4.78, 5) is 0. The van der Waals surface area contributed by atoms with Gasteiger partial charge in [-0.3, -0.25) is 0 Å². The predicted octanol–water partition coefficient (Wildman–Crippen LogP) is 3.64. The molecule has 5 unspecified atom stereocenters. The van der Waals surface area contributed by atoms with Crippen LogP contribution in [0.25, 0.3) is 0 Å². The van der Waals surface area contributed by atoms with Crippen LogP contribution in [0.3, 0.4) is 0 Å². The van der Waals surface area contributed by atoms with Crippen LogP contribution in [0.15, 0.2) is 0 Å². The van der Waals surface area contributed by atoms with Crippen molar-refractivity contribution in [2.24, 2.45) is 11.8 Å². The minimum atomic E-state index is 0.245. The molecule has 1 aliphatic rings. The van der Waals surface area contributed by atoms with Gasteiger partial charge in [0, 0.05) is 7.11 Å². The molecule has 1 saturated heterocycles. The summed E-state index contributed by atoms with van der Waals surface area (Å²) in [6.07, 6.45) is 5.78. The first-order valence-electron chi connectivity index (χ1n) is 6.87. The van der Waals surface area contributed by atoms with E-state index in [0.717, 1.165) is 0 Å². The fourth-order valence-electron chi connectivity index (χ4n) is 3.36. The van der Waals surface area contributed by atoms with Gasteiger partial charge in [0.1, 0.15) is 0 Å². The van der Waals surface area contributed by atoms with Crippen molar-refractivity contribution in [3.63, 3.8) is 0 Å². The number of ether oxygens (including phenoxy) is 2. The Labute approximate surface area is 101 Å². The minimum Gasteiger partial charge on any atom is -0.378 e. The summed E-state index contributed by atoms with van der Waals surface area (Å²) < 4.78 is 11.8. The third-order valence-electron chi connectivity index (χ3n) is 4.09. The maximum atomic E-state index is 6.14. The summed E-state index contributed by atoms with van der Waals surface area (Å²) in [5, 5.41) is 0. The number of rotatable bonds is 5. The predicted molar refractivity (Wildman–Crippen MR) is 67.6 cm³/mol. The van der Waals surface area contributed by atoms with E-state index >= 15 is 0 Å². The van der Waals surface area contributed by atoms with Crippen molar-refractivity contribution >= 4 is 0 Å². The number of methoxy groups -OCH3 is 1. The van der Waals surface area contributed by atoms with Gasteiger partial charge in [0.2, 0.25) is 0 Å². The van der Waals surface area contributed by atoms with Crippen LogP contribution in [0.1, 0.15) is 53.4 Å². The van der Waals surface area contributed by atoms with Gasteiger partial charge in [0.15, 0.2) is 0 Å². The van der Waals surface area contributed by atoms with Crippen LogP contribution < -0.4 is 0 Å². The average Bonchev–Trinajstić information content (AvgIpc) is 2.28. The molecular formula is C14H28O2. The van der Waals surface area contributed by atoms with Gasteiger partial charge in [-0.05, 0) is 25.2 Å². The smallest absolute Gasteiger partial charge is 0.0861 e. The second-order valence-corrected chi connectivity index (χ2v) is 5.01. The topological polar surface area (TPSA) is 18.5 Å². The first kappa shape index (κ1) is 14.0. The van der Waals surface area contributed by atoms with Crippen molar-refractivity contribution in [2.45, 2.75) is 71.7 Å². The molecule has 0 bridgehead atoms. The van der Waals surface area contributed by atoms with Crippen molar-refractivity contribution < 1.29 is 9.47 Å². The zero-order chi connectivity index (χ0) is 12.1. The summed E-state index contributed by atoms with van der Waals surface area (Å²) in [6.45, 7) is 8.96. The first-order chi connectivity index (χ1) is 7.69. The van der Waals surface area contributed by atoms with Crippen LogP contribution in [-0.4, -0.2) is 25.4 Å². The molecule has 0 aliphatic carbocycles. The van der Waals surface area contributed by atoms with Crippen LogP contribution in [0.4, 0.5) is 0 Å². The Kier molecular flexibility index (Phi) is 5.77. The maximum Gasteiger partial charge on any atom is 0.0861 e. The molecule has 96 valence electrons. The van der Waals surface area contributed by atoms with Gasteiger partial charge < -0.3 is 9.47 Å². The lowest BCUT2D eigenvalue weighted by Gasteiger charge is -2.45. The molecule has 0 N–H and O–H groups in total. The molecule has 0 saturated carbocycles. The van der Waals surface area contributed by atoms with Gasteiger partial charge in [-0.25, -0.2) is 0 Å². The molecule has 1 aliphatic heterocycles. The normalized spacial score (nSPS) is 39.9. The molecule has 5 atom stereocenters. The Bertz CT molecular complexity index is 193. The van der Waals surface area contributed by atoms with Crippen LogP contribution in [0, 0.1) is 11.8 Å². The fraction of sp³-hybridized carbons (Fsp3) is 1.00. The van der Waals surface area contributed by atoms with Gasteiger partial charge in [-0.15, -0.1) is 0 Å². The first-order valence-corrected chi connectivity index (χ1v) is 6.87. The Morgan fingerprint density at radius 1 is 1.06 bits per heavy atom. The molecule has 1 fully saturated rings. The molecule has 0 aromatic heterocycles. The van der Waals surface area contributed by atoms with Gasteiger partial charge in [0.25, 0.3) is 0 Å². The zero-order valence-electron chi connectivity index (χ0n) is 11.5. The van der Waals surface area contributed by atoms with Gasteiger partial charge in [0.05, 0.1) is 18.3 Å². The van der Waals surface area contributed by atoms with E-state index in [1.165, 1.54) is 25.7 Å². The molecule has 0 amide bonds. The van der Waals surface area contributed by atoms with Crippen molar-refractivity contribution in [3.05, 3.63) is 0 Å². The lowest BCUT2D eigenvalue weighted by atomic mass is 9.75. The molecule has 0 spiro atoms. The molecule has 0 aromatic carbocycles. The van der Waals surface area contributed by atoms with E-state index in [1.54, 1.807) is 0 Å². The highest BCUT2D eigenvalue weighted by Gasteiger charge is 2.41. The Morgan fingerprint density at radius 3 is 2.12 bits per heavy atom. The van der Waals surface area contributed by atoms with Crippen LogP contribution in [0.5, 0.6) is 0 Å². The summed E-state index contributed by atoms with van der Waals surface area (Å²) >= 11 is 0. The molecule has 16 heavy (non-hydrogen) atoms. The lowest BCUT2D eigenvalue weighted by Crippen LogP contribution is -2.50. The van der Waals surface area contributed by atoms with Gasteiger partial charge in [-0.2, -0.15) is 0 Å². The van der Waals surface area contributed by atoms with E-state index in [9.17, 15) is 0 Å². The summed E-state index contributed by atoms with van der Waals surface area (Å²) in [6, 6.07) is 0. The molecule has 2 heteroatoms. The Balaban J connectivity index is 2.78. The Hall–Kier alpha value is -0.0800. The second-order valence-electron chi connectivity index (χ2n) is 5.01. The monoisotopic (exact) mass is 228 g/mol. The lowest BCUT2D eigenvalue weighted by molar-refractivity contribution is -0.182. The van der Waals surface area contributed by atoms with E-state index < -0.39 is 0 Å². The largest absolute Gasteiger partial charge is 0.378 e. The average molecular weight is 228 g/mol. The molecule has 1 heterocycles. The van der Waals surface area contributed by atoms with Gasteiger partial charge >= 0.3 is 0 Å². The Morgan fingerprint density at radius 2 is 1.69 bits per heavy atom. The maximum absolute atomic E-state index is 6.14. The number of hydrogen-bond donors (Lipinski definition) is 0. The van der Waals surface area contributed by atoms with E-state index in [-0.39, 0.29) is 12.2 Å². The van der Waals surface area contributed by atoms with E-state index in [1.807, 2.05) is 7.11 Å². The van der Waals surface area contributed by atoms with Crippen molar-refractivity contribution in [1.29, 1.82) is 0 Å². The number of hydrogen-bond acceptors (Lipinski definition) is 2. The van der Waals surface area contributed by atoms with Crippen molar-refractivity contribution in [1.82, 2.24) is 0 Å². The summed E-state index contributed by atoms with van der Waals surface area (Å²) in [5.74, 6) is 1.33. The SMILES string of the molecule is CCCC1OC(C)C(OC)C(CC)C1CC. The molecule has 0 aromatic rings. The molecule has 0 radical (unpaired) electrons. The summed E-state index contributed by atoms with van der Waals surface area (Å²) in [7, 11) is 1.82. The second kappa shape index (κ2) is 6.61. The zero-order valence-corrected chi connectivity index (χ0v) is 11.5. The highest BCUT2D eigenvalue weighted by atomic mass is 16.5. The molecular weight excluding hydrogens is 200 g/mol. The highest BCUT2D eigenvalue weighted by molar-refractivity contribution is 4.89. The van der Waals surface area contributed by atoms with Gasteiger partial charge in [-0.1, -0.05) is 40.0 Å². The quantitative estimate of drug-likeness (QED) is 0.715. The standard InChI is InChI=1S/C14H28O2/c1-6-9-13-11(7-2)12(8-3)14(15-5)10(4)16-13/h10-14H,6-9H2,1-5H3. The highest BCUT2D eigenvalue weighted by Crippen LogP contribution is 2.38. The van der Waals surface area contributed by atoms with Crippen LogP contribution in [-0.2, 0) is 9.47 Å². The minimum absolute atomic E-state index is 0.245. The summed E-state index contributed by atoms with van der Waals surface area (Å²) in [5.41, 5.74) is 0.